The van der Waals surface area contributed by atoms with Crippen molar-refractivity contribution in [2.45, 2.75) is 58.0 Å². The number of nitrogens with two attached hydrogens (primary N) is 1. The maximum Gasteiger partial charge on any atom is 0.325 e. The maximum absolute atomic E-state index is 12.2. The SMILES string of the molecule is CCC[C@@H]1CCC[C@H](N)C(=O)N1CC(=O)OCC. The molecule has 1 fully saturated rings. The summed E-state index contributed by atoms with van der Waals surface area (Å²) >= 11 is 0. The molecular weight excluding hydrogens is 232 g/mol. The van der Waals surface area contributed by atoms with Crippen LogP contribution >= 0.6 is 0 Å². The molecule has 1 aliphatic heterocycles. The van der Waals surface area contributed by atoms with Gasteiger partial charge in [-0.05, 0) is 32.6 Å². The minimum atomic E-state index is -0.471. The lowest BCUT2D eigenvalue weighted by Gasteiger charge is -2.30. The topological polar surface area (TPSA) is 72.6 Å². The van der Waals surface area contributed by atoms with Gasteiger partial charge < -0.3 is 15.4 Å². The number of ether oxygens (including phenoxy) is 1. The van der Waals surface area contributed by atoms with Crippen LogP contribution in [0.2, 0.25) is 0 Å². The van der Waals surface area contributed by atoms with Crippen molar-refractivity contribution in [3.05, 3.63) is 0 Å². The second-order valence-electron chi connectivity index (χ2n) is 4.75. The second-order valence-corrected chi connectivity index (χ2v) is 4.75. The van der Waals surface area contributed by atoms with Gasteiger partial charge in [0.25, 0.3) is 0 Å². The van der Waals surface area contributed by atoms with E-state index in [1.165, 1.54) is 0 Å². The van der Waals surface area contributed by atoms with Crippen LogP contribution in [0.1, 0.15) is 46.0 Å². The summed E-state index contributed by atoms with van der Waals surface area (Å²) in [6.07, 6.45) is 4.48. The molecular formula is C13H24N2O3. The van der Waals surface area contributed by atoms with Gasteiger partial charge in [0.05, 0.1) is 12.6 Å². The first-order valence-electron chi connectivity index (χ1n) is 6.81. The molecule has 0 aliphatic carbocycles. The third-order valence-electron chi connectivity index (χ3n) is 3.32. The normalized spacial score (nSPS) is 24.8. The summed E-state index contributed by atoms with van der Waals surface area (Å²) in [6, 6.07) is -0.346. The van der Waals surface area contributed by atoms with E-state index in [9.17, 15) is 9.59 Å². The Morgan fingerprint density at radius 3 is 2.78 bits per heavy atom. The van der Waals surface area contributed by atoms with E-state index in [-0.39, 0.29) is 24.5 Å². The van der Waals surface area contributed by atoms with Crippen LogP contribution in [0.25, 0.3) is 0 Å². The molecule has 1 heterocycles. The first kappa shape index (κ1) is 15.0. The minimum Gasteiger partial charge on any atom is -0.465 e. The standard InChI is InChI=1S/C13H24N2O3/c1-3-6-10-7-5-8-11(14)13(17)15(10)9-12(16)18-4-2/h10-11H,3-9,14H2,1-2H3/t10-,11+/m1/s1. The van der Waals surface area contributed by atoms with Crippen LogP contribution < -0.4 is 5.73 Å². The second kappa shape index (κ2) is 7.36. The van der Waals surface area contributed by atoms with Crippen molar-refractivity contribution >= 4 is 11.9 Å². The van der Waals surface area contributed by atoms with Gasteiger partial charge in [0.1, 0.15) is 6.54 Å². The summed E-state index contributed by atoms with van der Waals surface area (Å²) in [5.41, 5.74) is 5.83. The molecule has 5 heteroatoms. The third-order valence-corrected chi connectivity index (χ3v) is 3.32. The van der Waals surface area contributed by atoms with E-state index >= 15 is 0 Å². The minimum absolute atomic E-state index is 0.0328. The average molecular weight is 256 g/mol. The van der Waals surface area contributed by atoms with Crippen LogP contribution in [0.15, 0.2) is 0 Å². The van der Waals surface area contributed by atoms with E-state index in [4.69, 9.17) is 10.5 Å². The molecule has 1 rings (SSSR count). The molecule has 0 saturated carbocycles. The summed E-state index contributed by atoms with van der Waals surface area (Å²) < 4.78 is 4.92. The van der Waals surface area contributed by atoms with Gasteiger partial charge in [-0.25, -0.2) is 0 Å². The Morgan fingerprint density at radius 2 is 2.17 bits per heavy atom. The zero-order valence-electron chi connectivity index (χ0n) is 11.4. The van der Waals surface area contributed by atoms with Crippen LogP contribution in [0.4, 0.5) is 0 Å². The highest BCUT2D eigenvalue weighted by atomic mass is 16.5. The molecule has 0 aromatic heterocycles. The molecule has 0 bridgehead atoms. The molecule has 0 aromatic carbocycles. The Balaban J connectivity index is 2.74. The molecule has 2 atom stereocenters. The highest BCUT2D eigenvalue weighted by molar-refractivity contribution is 5.86. The first-order valence-corrected chi connectivity index (χ1v) is 6.81. The monoisotopic (exact) mass is 256 g/mol. The average Bonchev–Trinajstić information content (AvgIpc) is 2.45. The van der Waals surface area contributed by atoms with Gasteiger partial charge in [0.2, 0.25) is 5.91 Å². The molecule has 2 N–H and O–H groups in total. The summed E-state index contributed by atoms with van der Waals surface area (Å²) in [5.74, 6) is -0.458. The fraction of sp³-hybridized carbons (Fsp3) is 0.846. The summed E-state index contributed by atoms with van der Waals surface area (Å²) in [5, 5.41) is 0. The zero-order chi connectivity index (χ0) is 13.5. The lowest BCUT2D eigenvalue weighted by atomic mass is 10.0. The van der Waals surface area contributed by atoms with Crippen LogP contribution in [0.5, 0.6) is 0 Å². The van der Waals surface area contributed by atoms with Crippen LogP contribution in [0.3, 0.4) is 0 Å². The highest BCUT2D eigenvalue weighted by Gasteiger charge is 2.31. The number of hydrogen-bond acceptors (Lipinski definition) is 4. The number of hydrogen-bond donors (Lipinski definition) is 1. The number of amides is 1. The predicted molar refractivity (Wildman–Crippen MR) is 68.9 cm³/mol. The molecule has 0 spiro atoms. The van der Waals surface area contributed by atoms with E-state index in [1.807, 2.05) is 0 Å². The molecule has 1 saturated heterocycles. The summed E-state index contributed by atoms with van der Waals surface area (Å²) in [7, 11) is 0. The number of carbonyl (C=O) groups excluding carboxylic acids is 2. The molecule has 5 nitrogen and oxygen atoms in total. The van der Waals surface area contributed by atoms with E-state index < -0.39 is 6.04 Å². The van der Waals surface area contributed by atoms with Gasteiger partial charge in [-0.15, -0.1) is 0 Å². The van der Waals surface area contributed by atoms with Crippen molar-refractivity contribution in [2.75, 3.05) is 13.2 Å². The third kappa shape index (κ3) is 3.98. The van der Waals surface area contributed by atoms with Crippen molar-refractivity contribution in [3.8, 4) is 0 Å². The number of carbonyl (C=O) groups is 2. The summed E-state index contributed by atoms with van der Waals surface area (Å²) in [6.45, 7) is 4.21. The molecule has 1 aliphatic rings. The Hall–Kier alpha value is -1.10. The van der Waals surface area contributed by atoms with Crippen LogP contribution in [-0.2, 0) is 14.3 Å². The fourth-order valence-electron chi connectivity index (χ4n) is 2.43. The Bertz CT molecular complexity index is 294. The van der Waals surface area contributed by atoms with Crippen molar-refractivity contribution in [1.29, 1.82) is 0 Å². The molecule has 104 valence electrons. The van der Waals surface area contributed by atoms with Crippen molar-refractivity contribution < 1.29 is 14.3 Å². The van der Waals surface area contributed by atoms with E-state index in [0.717, 1.165) is 25.7 Å². The lowest BCUT2D eigenvalue weighted by molar-refractivity contribution is -0.150. The predicted octanol–water partition coefficient (Wildman–Crippen LogP) is 1.06. The molecule has 1 amide bonds. The van der Waals surface area contributed by atoms with Crippen LogP contribution in [-0.4, -0.2) is 42.0 Å². The number of nitrogens with zero attached hydrogens (tertiary/aromatic N) is 1. The van der Waals surface area contributed by atoms with Gasteiger partial charge in [-0.3, -0.25) is 9.59 Å². The number of esters is 1. The van der Waals surface area contributed by atoms with Crippen molar-refractivity contribution in [3.63, 3.8) is 0 Å². The Kier molecular flexibility index (Phi) is 6.12. The maximum atomic E-state index is 12.2. The van der Waals surface area contributed by atoms with E-state index in [1.54, 1.807) is 11.8 Å². The van der Waals surface area contributed by atoms with Crippen LogP contribution in [0, 0.1) is 0 Å². The van der Waals surface area contributed by atoms with Gasteiger partial charge in [0.15, 0.2) is 0 Å². The van der Waals surface area contributed by atoms with Crippen molar-refractivity contribution in [2.24, 2.45) is 5.73 Å². The van der Waals surface area contributed by atoms with Crippen molar-refractivity contribution in [1.82, 2.24) is 4.90 Å². The van der Waals surface area contributed by atoms with Gasteiger partial charge in [-0.1, -0.05) is 13.3 Å². The van der Waals surface area contributed by atoms with E-state index in [2.05, 4.69) is 6.92 Å². The van der Waals surface area contributed by atoms with E-state index in [0.29, 0.717) is 13.0 Å². The number of likely N-dealkylation sites (tertiary alicyclic amines) is 1. The Morgan fingerprint density at radius 1 is 1.44 bits per heavy atom. The van der Waals surface area contributed by atoms with Gasteiger partial charge in [0, 0.05) is 6.04 Å². The Labute approximate surface area is 109 Å². The molecule has 0 radical (unpaired) electrons. The lowest BCUT2D eigenvalue weighted by Crippen LogP contribution is -2.49. The zero-order valence-corrected chi connectivity index (χ0v) is 11.4. The molecule has 0 aromatic rings. The highest BCUT2D eigenvalue weighted by Crippen LogP contribution is 2.20. The largest absolute Gasteiger partial charge is 0.465 e. The molecule has 18 heavy (non-hydrogen) atoms. The quantitative estimate of drug-likeness (QED) is 0.746. The van der Waals surface area contributed by atoms with Gasteiger partial charge >= 0.3 is 5.97 Å². The molecule has 0 unspecified atom stereocenters. The van der Waals surface area contributed by atoms with Gasteiger partial charge in [-0.2, -0.15) is 0 Å². The number of rotatable bonds is 5. The summed E-state index contributed by atoms with van der Waals surface area (Å²) in [4.78, 5) is 25.4. The fourth-order valence-corrected chi connectivity index (χ4v) is 2.43. The first-order chi connectivity index (χ1) is 8.60. The smallest absolute Gasteiger partial charge is 0.325 e.